The number of benzene rings is 1. The van der Waals surface area contributed by atoms with Gasteiger partial charge in [-0.2, -0.15) is 0 Å². The Bertz CT molecular complexity index is 974. The quantitative estimate of drug-likeness (QED) is 0.376. The summed E-state index contributed by atoms with van der Waals surface area (Å²) in [5, 5.41) is 0. The number of amides is 3. The smallest absolute Gasteiger partial charge is 0.330 e. The second-order valence-electron chi connectivity index (χ2n) is 9.82. The van der Waals surface area contributed by atoms with E-state index in [4.69, 9.17) is 4.74 Å². The third kappa shape index (κ3) is 4.21. The van der Waals surface area contributed by atoms with Crippen molar-refractivity contribution in [3.8, 4) is 0 Å². The van der Waals surface area contributed by atoms with Gasteiger partial charge in [-0.1, -0.05) is 44.2 Å². The lowest BCUT2D eigenvalue weighted by Gasteiger charge is -2.29. The van der Waals surface area contributed by atoms with E-state index < -0.39 is 30.0 Å². The Balaban J connectivity index is 1.51. The fraction of sp³-hybridized carbons (Fsp3) is 0.538. The summed E-state index contributed by atoms with van der Waals surface area (Å²) in [6, 6.07) is 6.65. The lowest BCUT2D eigenvalue weighted by molar-refractivity contribution is -0.165. The lowest BCUT2D eigenvalue weighted by atomic mass is 9.85. The van der Waals surface area contributed by atoms with Crippen LogP contribution in [0.4, 0.5) is 5.69 Å². The second-order valence-corrected chi connectivity index (χ2v) is 9.82. The van der Waals surface area contributed by atoms with Gasteiger partial charge in [-0.3, -0.25) is 19.3 Å². The highest BCUT2D eigenvalue weighted by atomic mass is 16.5. The molecule has 5 atom stereocenters. The van der Waals surface area contributed by atoms with Gasteiger partial charge in [0.15, 0.2) is 6.10 Å². The number of anilines is 1. The lowest BCUT2D eigenvalue weighted by Crippen LogP contribution is -2.49. The highest BCUT2D eigenvalue weighted by Gasteiger charge is 2.52. The summed E-state index contributed by atoms with van der Waals surface area (Å²) >= 11 is 0. The summed E-state index contributed by atoms with van der Waals surface area (Å²) in [6.07, 6.45) is 4.87. The fourth-order valence-electron chi connectivity index (χ4n) is 5.29. The van der Waals surface area contributed by atoms with E-state index in [1.165, 1.54) is 0 Å². The minimum Gasteiger partial charge on any atom is -0.451 e. The molecule has 3 aliphatic rings. The number of allylic oxidation sites excluding steroid dienone is 2. The second kappa shape index (κ2) is 9.12. The van der Waals surface area contributed by atoms with Crippen molar-refractivity contribution in [2.75, 3.05) is 4.90 Å². The zero-order valence-corrected chi connectivity index (χ0v) is 19.7. The predicted octanol–water partition coefficient (Wildman–Crippen LogP) is 3.26. The number of fused-ring (bicyclic) bond motifs is 2. The van der Waals surface area contributed by atoms with E-state index >= 15 is 0 Å². The van der Waals surface area contributed by atoms with Gasteiger partial charge in [0, 0.05) is 11.7 Å². The third-order valence-electron chi connectivity index (χ3n) is 6.91. The van der Waals surface area contributed by atoms with Crippen LogP contribution >= 0.6 is 0 Å². The maximum Gasteiger partial charge on any atom is 0.330 e. The molecule has 7 heteroatoms. The van der Waals surface area contributed by atoms with Crippen molar-refractivity contribution >= 4 is 29.4 Å². The zero-order valence-electron chi connectivity index (χ0n) is 19.7. The van der Waals surface area contributed by atoms with Crippen LogP contribution in [0.1, 0.15) is 52.5 Å². The molecular weight excluding hydrogens is 420 g/mol. The molecule has 0 radical (unpaired) electrons. The van der Waals surface area contributed by atoms with Gasteiger partial charge in [0.1, 0.15) is 6.04 Å². The van der Waals surface area contributed by atoms with Crippen LogP contribution in [0.15, 0.2) is 36.4 Å². The first-order valence-corrected chi connectivity index (χ1v) is 11.8. The van der Waals surface area contributed by atoms with Crippen LogP contribution < -0.4 is 4.90 Å². The molecule has 1 aromatic rings. The molecule has 0 N–H and O–H groups in total. The van der Waals surface area contributed by atoms with Gasteiger partial charge in [-0.25, -0.2) is 4.79 Å². The average molecular weight is 453 g/mol. The van der Waals surface area contributed by atoms with E-state index in [9.17, 15) is 19.2 Å². The number of hydrogen-bond donors (Lipinski definition) is 0. The monoisotopic (exact) mass is 452 g/mol. The Morgan fingerprint density at radius 2 is 1.64 bits per heavy atom. The molecule has 2 heterocycles. The highest BCUT2D eigenvalue weighted by Crippen LogP contribution is 2.37. The van der Waals surface area contributed by atoms with Crippen LogP contribution in [-0.2, 0) is 30.3 Å². The van der Waals surface area contributed by atoms with Gasteiger partial charge in [-0.15, -0.1) is 0 Å². The molecule has 1 fully saturated rings. The number of ether oxygens (including phenoxy) is 1. The molecule has 0 spiro atoms. The Hall–Kier alpha value is -2.96. The van der Waals surface area contributed by atoms with Crippen molar-refractivity contribution in [1.82, 2.24) is 4.90 Å². The van der Waals surface area contributed by atoms with E-state index in [2.05, 4.69) is 0 Å². The molecule has 176 valence electrons. The number of hydrogen-bond acceptors (Lipinski definition) is 5. The Morgan fingerprint density at radius 1 is 1.03 bits per heavy atom. The molecule has 0 aromatic heterocycles. The largest absolute Gasteiger partial charge is 0.451 e. The van der Waals surface area contributed by atoms with Gasteiger partial charge >= 0.3 is 5.97 Å². The van der Waals surface area contributed by atoms with Crippen molar-refractivity contribution in [3.63, 3.8) is 0 Å². The number of nitrogens with zero attached hydrogens (tertiary/aromatic N) is 2. The number of imide groups is 1. The van der Waals surface area contributed by atoms with Gasteiger partial charge in [0.05, 0.1) is 11.8 Å². The van der Waals surface area contributed by atoms with Crippen molar-refractivity contribution in [3.05, 3.63) is 42.0 Å². The maximum atomic E-state index is 13.3. The van der Waals surface area contributed by atoms with Crippen molar-refractivity contribution in [1.29, 1.82) is 0 Å². The van der Waals surface area contributed by atoms with E-state index in [0.717, 1.165) is 22.6 Å². The van der Waals surface area contributed by atoms with Crippen LogP contribution in [0.3, 0.4) is 0 Å². The van der Waals surface area contributed by atoms with Crippen LogP contribution in [0, 0.1) is 17.8 Å². The van der Waals surface area contributed by atoms with E-state index in [1.54, 1.807) is 11.8 Å². The first-order valence-electron chi connectivity index (χ1n) is 11.8. The van der Waals surface area contributed by atoms with Crippen molar-refractivity contribution < 1.29 is 23.9 Å². The molecule has 7 nitrogen and oxygen atoms in total. The predicted molar refractivity (Wildman–Crippen MR) is 123 cm³/mol. The number of likely N-dealkylation sites (tertiary alicyclic amines) is 1. The number of carbonyl (C=O) groups excluding carboxylic acids is 4. The van der Waals surface area contributed by atoms with Gasteiger partial charge < -0.3 is 9.64 Å². The standard InChI is InChI=1S/C26H32N2O5/c1-15(2)13-22(28-24(30)19-10-6-7-11-20(19)25(28)31)26(32)33-17(4)23(29)27-16(3)14-18-9-5-8-12-21(18)27/h5-9,12,15-17,19-20,22H,10-11,13-14H2,1-4H3/t16-,17-,19-,20+,22-/m0/s1. The van der Waals surface area contributed by atoms with Crippen LogP contribution in [0.2, 0.25) is 0 Å². The van der Waals surface area contributed by atoms with E-state index in [-0.39, 0.29) is 29.7 Å². The highest BCUT2D eigenvalue weighted by molar-refractivity contribution is 6.08. The van der Waals surface area contributed by atoms with Crippen LogP contribution in [-0.4, -0.2) is 46.8 Å². The van der Waals surface area contributed by atoms with Gasteiger partial charge in [0.2, 0.25) is 11.8 Å². The summed E-state index contributed by atoms with van der Waals surface area (Å²) < 4.78 is 5.62. The fourth-order valence-corrected chi connectivity index (χ4v) is 5.29. The number of rotatable bonds is 6. The van der Waals surface area contributed by atoms with Crippen molar-refractivity contribution in [2.24, 2.45) is 17.8 Å². The number of carbonyl (C=O) groups is 4. The van der Waals surface area contributed by atoms with Gasteiger partial charge in [-0.05, 0) is 57.1 Å². The first-order chi connectivity index (χ1) is 15.7. The van der Waals surface area contributed by atoms with Crippen LogP contribution in [0.5, 0.6) is 0 Å². The third-order valence-corrected chi connectivity index (χ3v) is 6.91. The van der Waals surface area contributed by atoms with Gasteiger partial charge in [0.25, 0.3) is 5.91 Å². The molecule has 0 saturated carbocycles. The Kier molecular flexibility index (Phi) is 6.41. The Morgan fingerprint density at radius 3 is 2.24 bits per heavy atom. The molecule has 1 aliphatic carbocycles. The zero-order chi connectivity index (χ0) is 23.9. The minimum absolute atomic E-state index is 0.0418. The average Bonchev–Trinajstić information content (AvgIpc) is 3.24. The first kappa shape index (κ1) is 23.2. The molecule has 3 amide bonds. The Labute approximate surface area is 194 Å². The summed E-state index contributed by atoms with van der Waals surface area (Å²) in [7, 11) is 0. The molecule has 4 rings (SSSR count). The summed E-state index contributed by atoms with van der Waals surface area (Å²) in [6.45, 7) is 7.37. The molecule has 0 bridgehead atoms. The summed E-state index contributed by atoms with van der Waals surface area (Å²) in [5.41, 5.74) is 1.91. The van der Waals surface area contributed by atoms with Crippen molar-refractivity contribution in [2.45, 2.75) is 71.6 Å². The molecular formula is C26H32N2O5. The number of para-hydroxylation sites is 1. The van der Waals surface area contributed by atoms with E-state index in [1.807, 2.05) is 57.2 Å². The van der Waals surface area contributed by atoms with Crippen LogP contribution in [0.25, 0.3) is 0 Å². The normalized spacial score (nSPS) is 25.8. The SMILES string of the molecule is CC(C)C[C@@H](C(=O)O[C@@H](C)C(=O)N1c2ccccc2C[C@@H]1C)N1C(=O)[C@H]2CC=CC[C@H]2C1=O. The van der Waals surface area contributed by atoms with E-state index in [0.29, 0.717) is 19.3 Å². The molecule has 1 saturated heterocycles. The molecule has 2 aliphatic heterocycles. The molecule has 1 aromatic carbocycles. The maximum absolute atomic E-state index is 13.3. The number of esters is 1. The molecule has 33 heavy (non-hydrogen) atoms. The molecule has 0 unspecified atom stereocenters. The summed E-state index contributed by atoms with van der Waals surface area (Å²) in [5.74, 6) is -2.38. The summed E-state index contributed by atoms with van der Waals surface area (Å²) in [4.78, 5) is 55.5. The topological polar surface area (TPSA) is 84.0 Å². The minimum atomic E-state index is -1.03.